The first-order valence-corrected chi connectivity index (χ1v) is 10.9. The molecule has 1 aromatic carbocycles. The average Bonchev–Trinajstić information content (AvgIpc) is 3.03. The molecule has 2 aromatic rings. The van der Waals surface area contributed by atoms with E-state index in [4.69, 9.17) is 0 Å². The molecule has 0 bridgehead atoms. The maximum absolute atomic E-state index is 12.3. The molecule has 5 nitrogen and oxygen atoms in total. The van der Waals surface area contributed by atoms with Crippen molar-refractivity contribution in [3.8, 4) is 0 Å². The van der Waals surface area contributed by atoms with E-state index < -0.39 is 10.0 Å². The zero-order valence-electron chi connectivity index (χ0n) is 14.7. The van der Waals surface area contributed by atoms with Crippen LogP contribution in [0.4, 0.5) is 5.69 Å². The number of nitrogens with one attached hydrogen (secondary N) is 1. The molecule has 0 saturated carbocycles. The molecule has 0 unspecified atom stereocenters. The van der Waals surface area contributed by atoms with Gasteiger partial charge in [0.15, 0.2) is 0 Å². The average molecular weight is 381 g/mol. The molecule has 2 rings (SSSR count). The van der Waals surface area contributed by atoms with Gasteiger partial charge in [0.2, 0.25) is 15.9 Å². The number of sulfonamides is 1. The lowest BCUT2D eigenvalue weighted by atomic mass is 10.0. The van der Waals surface area contributed by atoms with Crippen molar-refractivity contribution < 1.29 is 13.2 Å². The van der Waals surface area contributed by atoms with E-state index >= 15 is 0 Å². The van der Waals surface area contributed by atoms with E-state index in [1.807, 2.05) is 55.6 Å². The number of carbonyl (C=O) groups excluding carboxylic acids is 1. The van der Waals surface area contributed by atoms with Crippen LogP contribution in [0.3, 0.4) is 0 Å². The van der Waals surface area contributed by atoms with Gasteiger partial charge >= 0.3 is 0 Å². The lowest BCUT2D eigenvalue weighted by Gasteiger charge is -2.26. The van der Waals surface area contributed by atoms with Crippen LogP contribution >= 0.6 is 11.3 Å². The molecule has 0 saturated heterocycles. The van der Waals surface area contributed by atoms with E-state index in [9.17, 15) is 13.2 Å². The fraction of sp³-hybridized carbons (Fsp3) is 0.389. The summed E-state index contributed by atoms with van der Waals surface area (Å²) in [4.78, 5) is 13.0. The Balaban J connectivity index is 2.06. The largest absolute Gasteiger partial charge is 0.354 e. The van der Waals surface area contributed by atoms with Gasteiger partial charge in [-0.15, -0.1) is 11.3 Å². The van der Waals surface area contributed by atoms with Gasteiger partial charge < -0.3 is 5.32 Å². The van der Waals surface area contributed by atoms with Crippen molar-refractivity contribution >= 4 is 33.0 Å². The van der Waals surface area contributed by atoms with Crippen molar-refractivity contribution in [3.05, 3.63) is 52.2 Å². The Morgan fingerprint density at radius 2 is 1.92 bits per heavy atom. The Morgan fingerprint density at radius 1 is 1.20 bits per heavy atom. The predicted molar refractivity (Wildman–Crippen MR) is 104 cm³/mol. The fourth-order valence-corrected chi connectivity index (χ4v) is 4.25. The first kappa shape index (κ1) is 19.5. The molecule has 25 heavy (non-hydrogen) atoms. The van der Waals surface area contributed by atoms with E-state index in [2.05, 4.69) is 5.32 Å². The zero-order valence-corrected chi connectivity index (χ0v) is 16.4. The van der Waals surface area contributed by atoms with Crippen LogP contribution in [0, 0.1) is 0 Å². The molecule has 136 valence electrons. The van der Waals surface area contributed by atoms with Gasteiger partial charge in [-0.3, -0.25) is 9.10 Å². The molecule has 1 amide bonds. The molecule has 0 aliphatic rings. The third-order valence-corrected chi connectivity index (χ3v) is 5.84. The number of rotatable bonds is 8. The summed E-state index contributed by atoms with van der Waals surface area (Å²) in [5.41, 5.74) is 1.64. The lowest BCUT2D eigenvalue weighted by molar-refractivity contribution is -0.120. The highest BCUT2D eigenvalue weighted by Crippen LogP contribution is 2.28. The summed E-state index contributed by atoms with van der Waals surface area (Å²) in [6, 6.07) is 11.3. The quantitative estimate of drug-likeness (QED) is 0.766. The summed E-state index contributed by atoms with van der Waals surface area (Å²) < 4.78 is 25.9. The highest BCUT2D eigenvalue weighted by Gasteiger charge is 2.21. The molecule has 0 aliphatic carbocycles. The van der Waals surface area contributed by atoms with Gasteiger partial charge in [-0.25, -0.2) is 8.42 Å². The summed E-state index contributed by atoms with van der Waals surface area (Å²) in [5.74, 6) is 0.0990. The van der Waals surface area contributed by atoms with E-state index in [1.165, 1.54) is 21.9 Å². The first-order chi connectivity index (χ1) is 11.8. The molecule has 0 fully saturated rings. The number of carbonyl (C=O) groups is 1. The maximum atomic E-state index is 12.3. The van der Waals surface area contributed by atoms with Gasteiger partial charge in [0.25, 0.3) is 0 Å². The summed E-state index contributed by atoms with van der Waals surface area (Å²) >= 11 is 1.53. The van der Waals surface area contributed by atoms with Gasteiger partial charge in [0.1, 0.15) is 0 Å². The topological polar surface area (TPSA) is 66.5 Å². The third-order valence-electron chi connectivity index (χ3n) is 3.78. The van der Waals surface area contributed by atoms with Crippen molar-refractivity contribution in [2.45, 2.75) is 26.2 Å². The van der Waals surface area contributed by atoms with E-state index in [-0.39, 0.29) is 24.9 Å². The van der Waals surface area contributed by atoms with E-state index in [0.29, 0.717) is 12.1 Å². The van der Waals surface area contributed by atoms with Gasteiger partial charge in [-0.05, 0) is 29.0 Å². The van der Waals surface area contributed by atoms with Crippen molar-refractivity contribution in [2.75, 3.05) is 23.7 Å². The highest BCUT2D eigenvalue weighted by atomic mass is 32.2. The maximum Gasteiger partial charge on any atom is 0.232 e. The Bertz CT molecular complexity index is 799. The molecule has 0 atom stereocenters. The Morgan fingerprint density at radius 3 is 2.52 bits per heavy atom. The summed E-state index contributed by atoms with van der Waals surface area (Å²) in [6.07, 6.45) is 1.51. The second-order valence-electron chi connectivity index (χ2n) is 6.15. The monoisotopic (exact) mass is 380 g/mol. The number of anilines is 1. The van der Waals surface area contributed by atoms with Crippen LogP contribution in [-0.4, -0.2) is 33.7 Å². The molecule has 1 N–H and O–H groups in total. The lowest BCUT2D eigenvalue weighted by Crippen LogP contribution is -2.39. The predicted octanol–water partition coefficient (Wildman–Crippen LogP) is 3.00. The summed E-state index contributed by atoms with van der Waals surface area (Å²) in [7, 11) is -3.44. The third kappa shape index (κ3) is 5.57. The highest BCUT2D eigenvalue weighted by molar-refractivity contribution is 7.92. The molecule has 1 aromatic heterocycles. The van der Waals surface area contributed by atoms with Gasteiger partial charge in [0.05, 0.1) is 24.9 Å². The second kappa shape index (κ2) is 8.49. The van der Waals surface area contributed by atoms with Crippen LogP contribution in [0.5, 0.6) is 0 Å². The van der Waals surface area contributed by atoms with Crippen molar-refractivity contribution in [1.29, 1.82) is 0 Å². The molecule has 0 aliphatic heterocycles. The zero-order chi connectivity index (χ0) is 18.4. The minimum atomic E-state index is -3.44. The number of para-hydroxylation sites is 1. The minimum Gasteiger partial charge on any atom is -0.354 e. The van der Waals surface area contributed by atoms with Gasteiger partial charge in [-0.1, -0.05) is 38.1 Å². The first-order valence-electron chi connectivity index (χ1n) is 8.14. The standard InChI is InChI=1S/C18H24N2O3S2/c1-14(2)16-8-4-5-9-17(16)20(25(3,22)23)11-10-19-18(21)13-15-7-6-12-24-15/h4-9,12,14H,10-11,13H2,1-3H3,(H,19,21). The van der Waals surface area contributed by atoms with Crippen molar-refractivity contribution in [1.82, 2.24) is 5.32 Å². The minimum absolute atomic E-state index is 0.104. The number of benzene rings is 1. The smallest absolute Gasteiger partial charge is 0.232 e. The fourth-order valence-electron chi connectivity index (χ4n) is 2.60. The molecule has 1 heterocycles. The number of nitrogens with zero attached hydrogens (tertiary/aromatic N) is 1. The summed E-state index contributed by atoms with van der Waals surface area (Å²) in [5, 5.41) is 4.73. The number of thiophene rings is 1. The number of hydrogen-bond donors (Lipinski definition) is 1. The van der Waals surface area contributed by atoms with Crippen LogP contribution in [0.25, 0.3) is 0 Å². The second-order valence-corrected chi connectivity index (χ2v) is 9.09. The van der Waals surface area contributed by atoms with Crippen LogP contribution in [0.15, 0.2) is 41.8 Å². The Kier molecular flexibility index (Phi) is 6.61. The molecule has 0 radical (unpaired) electrons. The van der Waals surface area contributed by atoms with Crippen LogP contribution in [-0.2, 0) is 21.2 Å². The Hall–Kier alpha value is -1.86. The SMILES string of the molecule is CC(C)c1ccccc1N(CCNC(=O)Cc1cccs1)S(C)(=O)=O. The van der Waals surface area contributed by atoms with Crippen molar-refractivity contribution in [2.24, 2.45) is 0 Å². The van der Waals surface area contributed by atoms with Gasteiger partial charge in [-0.2, -0.15) is 0 Å². The summed E-state index contributed by atoms with van der Waals surface area (Å²) in [6.45, 7) is 4.53. The molecular weight excluding hydrogens is 356 g/mol. The molecule has 7 heteroatoms. The van der Waals surface area contributed by atoms with Crippen LogP contribution in [0.1, 0.15) is 30.2 Å². The molecule has 0 spiro atoms. The van der Waals surface area contributed by atoms with Crippen LogP contribution in [0.2, 0.25) is 0 Å². The Labute approximate surface area is 153 Å². The number of hydrogen-bond acceptors (Lipinski definition) is 4. The van der Waals surface area contributed by atoms with Crippen LogP contribution < -0.4 is 9.62 Å². The van der Waals surface area contributed by atoms with E-state index in [0.717, 1.165) is 10.4 Å². The number of amides is 1. The normalized spacial score (nSPS) is 11.5. The van der Waals surface area contributed by atoms with E-state index in [1.54, 1.807) is 0 Å². The molecular formula is C18H24N2O3S2. The van der Waals surface area contributed by atoms with Gasteiger partial charge in [0, 0.05) is 11.4 Å². The van der Waals surface area contributed by atoms with Crippen molar-refractivity contribution in [3.63, 3.8) is 0 Å².